The van der Waals surface area contributed by atoms with Crippen LogP contribution in [0.25, 0.3) is 0 Å². The Morgan fingerprint density at radius 3 is 2.48 bits per heavy atom. The Labute approximate surface area is 144 Å². The summed E-state index contributed by atoms with van der Waals surface area (Å²) in [7, 11) is 6.15. The van der Waals surface area contributed by atoms with E-state index >= 15 is 0 Å². The Bertz CT molecular complexity index is 609. The molecule has 1 unspecified atom stereocenters. The van der Waals surface area contributed by atoms with Crippen molar-refractivity contribution in [1.29, 1.82) is 0 Å². The minimum atomic E-state index is -0.546. The Morgan fingerprint density at radius 2 is 1.96 bits per heavy atom. The molecule has 0 aliphatic carbocycles. The van der Waals surface area contributed by atoms with Crippen LogP contribution in [0.1, 0.15) is 31.2 Å². The van der Waals surface area contributed by atoms with Gasteiger partial charge in [-0.05, 0) is 51.2 Å². The van der Waals surface area contributed by atoms with Gasteiger partial charge in [-0.3, -0.25) is 0 Å². The Morgan fingerprint density at radius 1 is 1.26 bits per heavy atom. The molecule has 0 N–H and O–H groups in total. The van der Waals surface area contributed by atoms with Crippen LogP contribution in [0.4, 0.5) is 0 Å². The number of aryl methyl sites for hydroxylation is 1. The zero-order chi connectivity index (χ0) is 16.9. The third kappa shape index (κ3) is 4.14. The molecule has 0 spiro atoms. The number of rotatable bonds is 8. The summed E-state index contributed by atoms with van der Waals surface area (Å²) in [4.78, 5) is 6.73. The maximum atomic E-state index is 6.43. The van der Waals surface area contributed by atoms with Gasteiger partial charge in [0.1, 0.15) is 5.82 Å². The molecule has 0 radical (unpaired) electrons. The molecule has 126 valence electrons. The quantitative estimate of drug-likeness (QED) is 0.689. The molecule has 0 amide bonds. The van der Waals surface area contributed by atoms with Crippen LogP contribution < -0.4 is 0 Å². The second-order valence-corrected chi connectivity index (χ2v) is 6.49. The molecule has 4 nitrogen and oxygen atoms in total. The van der Waals surface area contributed by atoms with Crippen LogP contribution in [-0.2, 0) is 17.4 Å². The van der Waals surface area contributed by atoms with Gasteiger partial charge in [0.25, 0.3) is 0 Å². The fraction of sp³-hybridized carbons (Fsp3) is 0.500. The largest absolute Gasteiger partial charge is 0.362 e. The SMILES string of the molecule is CCC(OCCCN(C)C)(c1ccc(Cl)cc1)c1nccn1C. The minimum absolute atomic E-state index is 0.546. The number of hydrogen-bond acceptors (Lipinski definition) is 3. The fourth-order valence-corrected chi connectivity index (χ4v) is 2.97. The molecule has 2 rings (SSSR count). The van der Waals surface area contributed by atoms with Crippen molar-refractivity contribution in [3.05, 3.63) is 53.1 Å². The molecule has 1 atom stereocenters. The molecular formula is C18H26ClN3O. The molecule has 2 aromatic rings. The van der Waals surface area contributed by atoms with Crippen molar-refractivity contribution < 1.29 is 4.74 Å². The Kier molecular flexibility index (Phi) is 6.22. The second kappa shape index (κ2) is 7.95. The molecule has 0 saturated heterocycles. The van der Waals surface area contributed by atoms with Crippen molar-refractivity contribution in [3.63, 3.8) is 0 Å². The van der Waals surface area contributed by atoms with Gasteiger partial charge in [-0.1, -0.05) is 30.7 Å². The van der Waals surface area contributed by atoms with E-state index in [1.54, 1.807) is 0 Å². The van der Waals surface area contributed by atoms with Crippen molar-refractivity contribution in [2.75, 3.05) is 27.2 Å². The third-order valence-corrected chi connectivity index (χ3v) is 4.34. The van der Waals surface area contributed by atoms with Crippen LogP contribution >= 0.6 is 11.6 Å². The van der Waals surface area contributed by atoms with Crippen molar-refractivity contribution in [2.45, 2.75) is 25.4 Å². The van der Waals surface area contributed by atoms with E-state index in [1.807, 2.05) is 48.3 Å². The zero-order valence-corrected chi connectivity index (χ0v) is 15.2. The first kappa shape index (κ1) is 18.0. The van der Waals surface area contributed by atoms with Crippen LogP contribution in [0, 0.1) is 0 Å². The number of imidazole rings is 1. The molecule has 1 aromatic carbocycles. The topological polar surface area (TPSA) is 30.3 Å². The van der Waals surface area contributed by atoms with E-state index in [-0.39, 0.29) is 0 Å². The highest BCUT2D eigenvalue weighted by Gasteiger charge is 2.37. The zero-order valence-electron chi connectivity index (χ0n) is 14.4. The summed E-state index contributed by atoms with van der Waals surface area (Å²) in [5, 5.41) is 0.728. The fourth-order valence-electron chi connectivity index (χ4n) is 2.84. The lowest BCUT2D eigenvalue weighted by atomic mass is 9.89. The molecule has 5 heteroatoms. The van der Waals surface area contributed by atoms with Crippen LogP contribution in [0.3, 0.4) is 0 Å². The first-order valence-electron chi connectivity index (χ1n) is 8.02. The van der Waals surface area contributed by atoms with Crippen LogP contribution in [-0.4, -0.2) is 41.7 Å². The molecule has 0 saturated carbocycles. The van der Waals surface area contributed by atoms with Crippen molar-refractivity contribution in [2.24, 2.45) is 7.05 Å². The maximum absolute atomic E-state index is 6.43. The highest BCUT2D eigenvalue weighted by atomic mass is 35.5. The maximum Gasteiger partial charge on any atom is 0.150 e. The van der Waals surface area contributed by atoms with Gasteiger partial charge in [-0.25, -0.2) is 4.98 Å². The van der Waals surface area contributed by atoms with E-state index in [0.29, 0.717) is 6.61 Å². The van der Waals surface area contributed by atoms with Gasteiger partial charge in [0.2, 0.25) is 0 Å². The summed E-state index contributed by atoms with van der Waals surface area (Å²) < 4.78 is 8.46. The molecule has 23 heavy (non-hydrogen) atoms. The lowest BCUT2D eigenvalue weighted by molar-refractivity contribution is -0.0322. The summed E-state index contributed by atoms with van der Waals surface area (Å²) in [5.41, 5.74) is 0.540. The number of aromatic nitrogens is 2. The van der Waals surface area contributed by atoms with E-state index in [2.05, 4.69) is 30.9 Å². The van der Waals surface area contributed by atoms with E-state index in [1.165, 1.54) is 0 Å². The smallest absolute Gasteiger partial charge is 0.150 e. The van der Waals surface area contributed by atoms with Crippen LogP contribution in [0.5, 0.6) is 0 Å². The summed E-state index contributed by atoms with van der Waals surface area (Å²) >= 11 is 6.06. The number of halogens is 1. The van der Waals surface area contributed by atoms with Gasteiger partial charge < -0.3 is 14.2 Å². The van der Waals surface area contributed by atoms with Gasteiger partial charge in [0.15, 0.2) is 5.60 Å². The van der Waals surface area contributed by atoms with Crippen molar-refractivity contribution >= 4 is 11.6 Å². The number of benzene rings is 1. The molecule has 0 aliphatic rings. The third-order valence-electron chi connectivity index (χ3n) is 4.09. The van der Waals surface area contributed by atoms with Gasteiger partial charge in [-0.15, -0.1) is 0 Å². The predicted octanol–water partition coefficient (Wildman–Crippen LogP) is 3.70. The van der Waals surface area contributed by atoms with E-state index in [4.69, 9.17) is 16.3 Å². The summed E-state index contributed by atoms with van der Waals surface area (Å²) in [6, 6.07) is 7.89. The lowest BCUT2D eigenvalue weighted by Crippen LogP contribution is -2.34. The van der Waals surface area contributed by atoms with E-state index in [9.17, 15) is 0 Å². The van der Waals surface area contributed by atoms with Gasteiger partial charge in [-0.2, -0.15) is 0 Å². The standard InChI is InChI=1S/C18H26ClN3O/c1-5-18(17-20-11-13-22(17)4,23-14-6-12-21(2)3)15-7-9-16(19)10-8-15/h7-11,13H,5-6,12,14H2,1-4H3. The number of ether oxygens (including phenoxy) is 1. The number of nitrogens with zero attached hydrogens (tertiary/aromatic N) is 3. The van der Waals surface area contributed by atoms with Gasteiger partial charge in [0, 0.05) is 31.1 Å². The molecular weight excluding hydrogens is 310 g/mol. The summed E-state index contributed by atoms with van der Waals surface area (Å²) in [5.74, 6) is 0.923. The highest BCUT2D eigenvalue weighted by Crippen LogP contribution is 2.36. The van der Waals surface area contributed by atoms with Crippen molar-refractivity contribution in [1.82, 2.24) is 14.5 Å². The Balaban J connectivity index is 2.33. The molecule has 1 heterocycles. The molecule has 0 fully saturated rings. The highest BCUT2D eigenvalue weighted by molar-refractivity contribution is 6.30. The van der Waals surface area contributed by atoms with E-state index < -0.39 is 5.60 Å². The average molecular weight is 336 g/mol. The number of hydrogen-bond donors (Lipinski definition) is 0. The van der Waals surface area contributed by atoms with E-state index in [0.717, 1.165) is 35.8 Å². The summed E-state index contributed by atoms with van der Waals surface area (Å²) in [6.07, 6.45) is 5.56. The average Bonchev–Trinajstić information content (AvgIpc) is 2.95. The minimum Gasteiger partial charge on any atom is -0.362 e. The lowest BCUT2D eigenvalue weighted by Gasteiger charge is -2.33. The van der Waals surface area contributed by atoms with Crippen molar-refractivity contribution in [3.8, 4) is 0 Å². The van der Waals surface area contributed by atoms with Gasteiger partial charge in [0.05, 0.1) is 0 Å². The predicted molar refractivity (Wildman–Crippen MR) is 94.9 cm³/mol. The van der Waals surface area contributed by atoms with Crippen LogP contribution in [0.2, 0.25) is 5.02 Å². The van der Waals surface area contributed by atoms with Crippen LogP contribution in [0.15, 0.2) is 36.7 Å². The van der Waals surface area contributed by atoms with Gasteiger partial charge >= 0.3 is 0 Å². The molecule has 0 bridgehead atoms. The first-order valence-corrected chi connectivity index (χ1v) is 8.40. The first-order chi connectivity index (χ1) is 11.0. The normalized spacial score (nSPS) is 14.2. The second-order valence-electron chi connectivity index (χ2n) is 6.05. The Hall–Kier alpha value is -1.36. The summed E-state index contributed by atoms with van der Waals surface area (Å²) in [6.45, 7) is 3.82. The molecule has 0 aliphatic heterocycles. The molecule has 1 aromatic heterocycles. The monoisotopic (exact) mass is 335 g/mol.